The van der Waals surface area contributed by atoms with Gasteiger partial charge in [0.2, 0.25) is 0 Å². The van der Waals surface area contributed by atoms with Crippen LogP contribution < -0.4 is 10.6 Å². The van der Waals surface area contributed by atoms with Gasteiger partial charge in [0, 0.05) is 51.4 Å². The maximum Gasteiger partial charge on any atom is 0.191 e. The SMILES string of the molecule is CCCN1CCC(NC(=NC)NCC(C)N2CCOCC2C)CC1.I. The first-order chi connectivity index (χ1) is 11.6. The maximum atomic E-state index is 5.53. The van der Waals surface area contributed by atoms with Crippen LogP contribution in [-0.4, -0.2) is 86.9 Å². The zero-order valence-corrected chi connectivity index (χ0v) is 18.8. The fraction of sp³-hybridized carbons (Fsp3) is 0.944. The van der Waals surface area contributed by atoms with Crippen molar-refractivity contribution >= 4 is 29.9 Å². The van der Waals surface area contributed by atoms with Gasteiger partial charge in [-0.15, -0.1) is 24.0 Å². The molecule has 25 heavy (non-hydrogen) atoms. The van der Waals surface area contributed by atoms with Gasteiger partial charge in [0.05, 0.1) is 13.2 Å². The maximum absolute atomic E-state index is 5.53. The predicted octanol–water partition coefficient (Wildman–Crippen LogP) is 1.75. The summed E-state index contributed by atoms with van der Waals surface area (Å²) in [5.74, 6) is 0.941. The third kappa shape index (κ3) is 7.56. The van der Waals surface area contributed by atoms with Crippen LogP contribution in [0.25, 0.3) is 0 Å². The second kappa shape index (κ2) is 12.3. The van der Waals surface area contributed by atoms with Crippen molar-refractivity contribution in [3.8, 4) is 0 Å². The quantitative estimate of drug-likeness (QED) is 0.354. The molecule has 0 aliphatic carbocycles. The number of guanidine groups is 1. The number of hydrogen-bond donors (Lipinski definition) is 2. The van der Waals surface area contributed by atoms with E-state index in [0.29, 0.717) is 18.1 Å². The first-order valence-electron chi connectivity index (χ1n) is 9.67. The van der Waals surface area contributed by atoms with Crippen molar-refractivity contribution < 1.29 is 4.74 Å². The van der Waals surface area contributed by atoms with E-state index < -0.39 is 0 Å². The summed E-state index contributed by atoms with van der Waals surface area (Å²) in [5, 5.41) is 7.12. The number of ether oxygens (including phenoxy) is 1. The average molecular weight is 467 g/mol. The van der Waals surface area contributed by atoms with Gasteiger partial charge < -0.3 is 20.3 Å². The molecule has 0 aromatic heterocycles. The minimum Gasteiger partial charge on any atom is -0.379 e. The molecule has 148 valence electrons. The molecule has 2 rings (SSSR count). The zero-order valence-electron chi connectivity index (χ0n) is 16.5. The monoisotopic (exact) mass is 467 g/mol. The summed E-state index contributed by atoms with van der Waals surface area (Å²) in [7, 11) is 1.86. The van der Waals surface area contributed by atoms with Gasteiger partial charge in [-0.3, -0.25) is 9.89 Å². The van der Waals surface area contributed by atoms with Crippen LogP contribution in [0.3, 0.4) is 0 Å². The largest absolute Gasteiger partial charge is 0.379 e. The van der Waals surface area contributed by atoms with Gasteiger partial charge in [-0.2, -0.15) is 0 Å². The Balaban J connectivity index is 0.00000312. The first kappa shape index (κ1) is 22.9. The van der Waals surface area contributed by atoms with Crippen LogP contribution >= 0.6 is 24.0 Å². The lowest BCUT2D eigenvalue weighted by Gasteiger charge is -2.38. The van der Waals surface area contributed by atoms with E-state index in [1.165, 1.54) is 38.9 Å². The second-order valence-electron chi connectivity index (χ2n) is 7.22. The molecular weight excluding hydrogens is 429 g/mol. The van der Waals surface area contributed by atoms with E-state index in [1.807, 2.05) is 7.05 Å². The molecular formula is C18H38IN5O. The summed E-state index contributed by atoms with van der Waals surface area (Å²) >= 11 is 0. The zero-order chi connectivity index (χ0) is 17.4. The molecule has 0 bridgehead atoms. The van der Waals surface area contributed by atoms with Crippen LogP contribution in [0.1, 0.15) is 40.0 Å². The number of aliphatic imine (C=N–C) groups is 1. The molecule has 0 aromatic rings. The van der Waals surface area contributed by atoms with Crippen LogP contribution in [0.15, 0.2) is 4.99 Å². The third-order valence-electron chi connectivity index (χ3n) is 5.24. The number of likely N-dealkylation sites (tertiary alicyclic amines) is 1. The fourth-order valence-corrected chi connectivity index (χ4v) is 3.76. The molecule has 2 N–H and O–H groups in total. The molecule has 0 aromatic carbocycles. The minimum absolute atomic E-state index is 0. The number of rotatable bonds is 6. The Hall–Kier alpha value is -0.120. The topological polar surface area (TPSA) is 52.1 Å². The van der Waals surface area contributed by atoms with Crippen molar-refractivity contribution in [2.45, 2.75) is 58.2 Å². The molecule has 0 amide bonds. The molecule has 2 atom stereocenters. The Morgan fingerprint density at radius 3 is 2.60 bits per heavy atom. The minimum atomic E-state index is 0. The Bertz CT molecular complexity index is 388. The Kier molecular flexibility index (Phi) is 11.3. The van der Waals surface area contributed by atoms with Gasteiger partial charge in [0.25, 0.3) is 0 Å². The highest BCUT2D eigenvalue weighted by Crippen LogP contribution is 2.11. The van der Waals surface area contributed by atoms with E-state index >= 15 is 0 Å². The van der Waals surface area contributed by atoms with Crippen LogP contribution in [-0.2, 0) is 4.74 Å². The molecule has 2 fully saturated rings. The number of morpholine rings is 1. The number of nitrogens with one attached hydrogen (secondary N) is 2. The van der Waals surface area contributed by atoms with Gasteiger partial charge in [-0.1, -0.05) is 6.92 Å². The molecule has 6 nitrogen and oxygen atoms in total. The summed E-state index contributed by atoms with van der Waals surface area (Å²) in [5.41, 5.74) is 0. The Morgan fingerprint density at radius 1 is 1.28 bits per heavy atom. The molecule has 2 aliphatic rings. The number of hydrogen-bond acceptors (Lipinski definition) is 4. The highest BCUT2D eigenvalue weighted by molar-refractivity contribution is 14.0. The van der Waals surface area contributed by atoms with E-state index in [2.05, 4.69) is 46.2 Å². The van der Waals surface area contributed by atoms with Gasteiger partial charge in [-0.05, 0) is 39.7 Å². The van der Waals surface area contributed by atoms with Crippen molar-refractivity contribution in [2.75, 3.05) is 53.0 Å². The van der Waals surface area contributed by atoms with Crippen LogP contribution in [0.2, 0.25) is 0 Å². The number of piperidine rings is 1. The summed E-state index contributed by atoms with van der Waals surface area (Å²) in [6.07, 6.45) is 3.66. The number of nitrogens with zero attached hydrogens (tertiary/aromatic N) is 3. The molecule has 0 saturated carbocycles. The lowest BCUT2D eigenvalue weighted by atomic mass is 10.1. The van der Waals surface area contributed by atoms with Gasteiger partial charge in [0.15, 0.2) is 5.96 Å². The van der Waals surface area contributed by atoms with Crippen molar-refractivity contribution in [1.29, 1.82) is 0 Å². The Morgan fingerprint density at radius 2 is 2.00 bits per heavy atom. The lowest BCUT2D eigenvalue weighted by Crippen LogP contribution is -2.54. The van der Waals surface area contributed by atoms with Crippen LogP contribution in [0.4, 0.5) is 0 Å². The summed E-state index contributed by atoms with van der Waals surface area (Å²) in [4.78, 5) is 9.50. The smallest absolute Gasteiger partial charge is 0.191 e. The van der Waals surface area contributed by atoms with E-state index in [1.54, 1.807) is 0 Å². The summed E-state index contributed by atoms with van der Waals surface area (Å²) < 4.78 is 5.53. The third-order valence-corrected chi connectivity index (χ3v) is 5.24. The molecule has 2 saturated heterocycles. The van der Waals surface area contributed by atoms with Gasteiger partial charge in [-0.25, -0.2) is 0 Å². The van der Waals surface area contributed by atoms with Crippen molar-refractivity contribution in [2.24, 2.45) is 4.99 Å². The molecule has 2 heterocycles. The Labute approximate surface area is 171 Å². The lowest BCUT2D eigenvalue weighted by molar-refractivity contribution is -0.0174. The van der Waals surface area contributed by atoms with E-state index in [0.717, 1.165) is 32.3 Å². The van der Waals surface area contributed by atoms with Crippen LogP contribution in [0, 0.1) is 0 Å². The first-order valence-corrected chi connectivity index (χ1v) is 9.67. The van der Waals surface area contributed by atoms with Crippen molar-refractivity contribution in [3.63, 3.8) is 0 Å². The fourth-order valence-electron chi connectivity index (χ4n) is 3.76. The van der Waals surface area contributed by atoms with Gasteiger partial charge >= 0.3 is 0 Å². The summed E-state index contributed by atoms with van der Waals surface area (Å²) in [6, 6.07) is 1.52. The average Bonchev–Trinajstić information content (AvgIpc) is 2.60. The molecule has 7 heteroatoms. The molecule has 2 aliphatic heterocycles. The highest BCUT2D eigenvalue weighted by Gasteiger charge is 2.24. The van der Waals surface area contributed by atoms with Gasteiger partial charge in [0.1, 0.15) is 0 Å². The predicted molar refractivity (Wildman–Crippen MR) is 116 cm³/mol. The molecule has 0 spiro atoms. The standard InChI is InChI=1S/C18H37N5O.HI/c1-5-8-22-9-6-17(7-10-22)21-18(19-4)20-13-15(2)23-11-12-24-14-16(23)3;/h15-17H,5-14H2,1-4H3,(H2,19,20,21);1H. The van der Waals surface area contributed by atoms with Crippen molar-refractivity contribution in [1.82, 2.24) is 20.4 Å². The van der Waals surface area contributed by atoms with E-state index in [4.69, 9.17) is 4.74 Å². The normalized spacial score (nSPS) is 25.3. The summed E-state index contributed by atoms with van der Waals surface area (Å²) in [6.45, 7) is 14.0. The van der Waals surface area contributed by atoms with E-state index in [9.17, 15) is 0 Å². The highest BCUT2D eigenvalue weighted by atomic mass is 127. The van der Waals surface area contributed by atoms with E-state index in [-0.39, 0.29) is 24.0 Å². The van der Waals surface area contributed by atoms with Crippen LogP contribution in [0.5, 0.6) is 0 Å². The molecule has 0 radical (unpaired) electrons. The number of halogens is 1. The molecule has 2 unspecified atom stereocenters. The second-order valence-corrected chi connectivity index (χ2v) is 7.22. The van der Waals surface area contributed by atoms with Crippen molar-refractivity contribution in [3.05, 3.63) is 0 Å².